The molecule has 0 fully saturated rings. The Bertz CT molecular complexity index is 372. The van der Waals surface area contributed by atoms with Gasteiger partial charge in [-0.1, -0.05) is 27.7 Å². The topological polar surface area (TPSA) is 29.9 Å². The Hall–Kier alpha value is -0.830. The third-order valence-electron chi connectivity index (χ3n) is 3.44. The van der Waals surface area contributed by atoms with Gasteiger partial charge in [0.15, 0.2) is 0 Å². The molecule has 104 valence electrons. The molecule has 0 saturated carbocycles. The van der Waals surface area contributed by atoms with Gasteiger partial charge in [-0.15, -0.1) is 0 Å². The van der Waals surface area contributed by atoms with E-state index in [0.29, 0.717) is 5.41 Å². The van der Waals surface area contributed by atoms with Gasteiger partial charge in [0, 0.05) is 12.2 Å². The molecule has 1 aromatic rings. The summed E-state index contributed by atoms with van der Waals surface area (Å²) in [6.45, 7) is 16.4. The Balaban J connectivity index is 2.36. The highest BCUT2D eigenvalue weighted by Crippen LogP contribution is 2.17. The molecular weight excluding hydrogens is 222 g/mol. The molecule has 0 bridgehead atoms. The highest BCUT2D eigenvalue weighted by atomic mass is 15.3. The number of nitrogens with zero attached hydrogens (tertiary/aromatic N) is 2. The SMILES string of the molecule is CCc1c(C)nn(CCNCCC(C)(C)C)c1C. The molecule has 3 heteroatoms. The third-order valence-corrected chi connectivity index (χ3v) is 3.44. The molecule has 1 N–H and O–H groups in total. The largest absolute Gasteiger partial charge is 0.315 e. The average Bonchev–Trinajstić information content (AvgIpc) is 2.52. The van der Waals surface area contributed by atoms with Crippen molar-refractivity contribution in [1.29, 1.82) is 0 Å². The monoisotopic (exact) mass is 251 g/mol. The summed E-state index contributed by atoms with van der Waals surface area (Å²) >= 11 is 0. The van der Waals surface area contributed by atoms with Crippen LogP contribution in [0.15, 0.2) is 0 Å². The minimum Gasteiger partial charge on any atom is -0.315 e. The Morgan fingerprint density at radius 3 is 2.33 bits per heavy atom. The van der Waals surface area contributed by atoms with Crippen LogP contribution in [-0.4, -0.2) is 22.9 Å². The van der Waals surface area contributed by atoms with Crippen LogP contribution in [0, 0.1) is 19.3 Å². The van der Waals surface area contributed by atoms with Gasteiger partial charge in [-0.05, 0) is 44.2 Å². The molecule has 0 aliphatic carbocycles. The van der Waals surface area contributed by atoms with Crippen molar-refractivity contribution in [2.24, 2.45) is 5.41 Å². The first-order valence-electron chi connectivity index (χ1n) is 7.08. The van der Waals surface area contributed by atoms with Crippen LogP contribution >= 0.6 is 0 Å². The lowest BCUT2D eigenvalue weighted by Crippen LogP contribution is -2.25. The molecule has 0 spiro atoms. The first-order chi connectivity index (χ1) is 8.35. The summed E-state index contributed by atoms with van der Waals surface area (Å²) in [6, 6.07) is 0. The molecule has 0 saturated heterocycles. The molecule has 0 aliphatic rings. The summed E-state index contributed by atoms with van der Waals surface area (Å²) in [5.74, 6) is 0. The first kappa shape index (κ1) is 15.2. The number of nitrogens with one attached hydrogen (secondary N) is 1. The summed E-state index contributed by atoms with van der Waals surface area (Å²) in [5, 5.41) is 8.11. The Kier molecular flexibility index (Phi) is 5.39. The minimum atomic E-state index is 0.417. The zero-order valence-electron chi connectivity index (χ0n) is 12.9. The van der Waals surface area contributed by atoms with Crippen LogP contribution in [-0.2, 0) is 13.0 Å². The van der Waals surface area contributed by atoms with Gasteiger partial charge in [0.25, 0.3) is 0 Å². The van der Waals surface area contributed by atoms with E-state index in [1.54, 1.807) is 0 Å². The molecule has 0 aromatic carbocycles. The molecule has 1 heterocycles. The second-order valence-corrected chi connectivity index (χ2v) is 6.29. The van der Waals surface area contributed by atoms with E-state index >= 15 is 0 Å². The predicted molar refractivity (Wildman–Crippen MR) is 78.0 cm³/mol. The molecule has 1 rings (SSSR count). The van der Waals surface area contributed by atoms with Gasteiger partial charge in [-0.2, -0.15) is 5.10 Å². The van der Waals surface area contributed by atoms with Crippen molar-refractivity contribution in [3.63, 3.8) is 0 Å². The predicted octanol–water partition coefficient (Wildman–Crippen LogP) is 3.09. The molecule has 0 amide bonds. The Morgan fingerprint density at radius 2 is 1.83 bits per heavy atom. The maximum Gasteiger partial charge on any atom is 0.0628 e. The molecule has 0 unspecified atom stereocenters. The van der Waals surface area contributed by atoms with E-state index in [0.717, 1.165) is 26.1 Å². The first-order valence-corrected chi connectivity index (χ1v) is 7.08. The fourth-order valence-corrected chi connectivity index (χ4v) is 2.24. The molecule has 3 nitrogen and oxygen atoms in total. The number of hydrogen-bond acceptors (Lipinski definition) is 2. The van der Waals surface area contributed by atoms with Gasteiger partial charge >= 0.3 is 0 Å². The normalized spacial score (nSPS) is 12.1. The van der Waals surface area contributed by atoms with Gasteiger partial charge in [-0.3, -0.25) is 4.68 Å². The van der Waals surface area contributed by atoms with Crippen molar-refractivity contribution in [3.8, 4) is 0 Å². The average molecular weight is 251 g/mol. The summed E-state index contributed by atoms with van der Waals surface area (Å²) in [5.41, 5.74) is 4.34. The number of rotatable bonds is 6. The van der Waals surface area contributed by atoms with E-state index in [1.807, 2.05) is 0 Å². The zero-order valence-corrected chi connectivity index (χ0v) is 12.9. The van der Waals surface area contributed by atoms with E-state index in [2.05, 4.69) is 56.6 Å². The molecule has 0 radical (unpaired) electrons. The van der Waals surface area contributed by atoms with E-state index in [1.165, 1.54) is 23.4 Å². The molecule has 18 heavy (non-hydrogen) atoms. The summed E-state index contributed by atoms with van der Waals surface area (Å²) in [7, 11) is 0. The number of aryl methyl sites for hydroxylation is 1. The molecular formula is C15H29N3. The minimum absolute atomic E-state index is 0.417. The summed E-state index contributed by atoms with van der Waals surface area (Å²) in [4.78, 5) is 0. The number of aromatic nitrogens is 2. The van der Waals surface area contributed by atoms with Crippen molar-refractivity contribution in [2.45, 2.75) is 60.9 Å². The van der Waals surface area contributed by atoms with Crippen LogP contribution in [0.4, 0.5) is 0 Å². The fourth-order valence-electron chi connectivity index (χ4n) is 2.24. The van der Waals surface area contributed by atoms with Crippen molar-refractivity contribution in [2.75, 3.05) is 13.1 Å². The summed E-state index contributed by atoms with van der Waals surface area (Å²) < 4.78 is 2.14. The second kappa shape index (κ2) is 6.37. The van der Waals surface area contributed by atoms with Crippen LogP contribution in [0.2, 0.25) is 0 Å². The van der Waals surface area contributed by atoms with E-state index < -0.39 is 0 Å². The van der Waals surface area contributed by atoms with Gasteiger partial charge < -0.3 is 5.32 Å². The third kappa shape index (κ3) is 4.45. The fraction of sp³-hybridized carbons (Fsp3) is 0.800. The zero-order chi connectivity index (χ0) is 13.8. The lowest BCUT2D eigenvalue weighted by Gasteiger charge is -2.18. The van der Waals surface area contributed by atoms with Gasteiger partial charge in [0.1, 0.15) is 0 Å². The van der Waals surface area contributed by atoms with Gasteiger partial charge in [0.2, 0.25) is 0 Å². The summed E-state index contributed by atoms with van der Waals surface area (Å²) in [6.07, 6.45) is 2.29. The van der Waals surface area contributed by atoms with Crippen molar-refractivity contribution in [3.05, 3.63) is 17.0 Å². The van der Waals surface area contributed by atoms with E-state index in [-0.39, 0.29) is 0 Å². The van der Waals surface area contributed by atoms with Crippen LogP contribution < -0.4 is 5.32 Å². The lowest BCUT2D eigenvalue weighted by molar-refractivity contribution is 0.364. The Labute approximate surface area is 112 Å². The highest BCUT2D eigenvalue weighted by Gasteiger charge is 2.10. The quantitative estimate of drug-likeness (QED) is 0.787. The van der Waals surface area contributed by atoms with Crippen LogP contribution in [0.3, 0.4) is 0 Å². The molecule has 1 aromatic heterocycles. The van der Waals surface area contributed by atoms with Crippen LogP contribution in [0.25, 0.3) is 0 Å². The van der Waals surface area contributed by atoms with Crippen molar-refractivity contribution >= 4 is 0 Å². The smallest absolute Gasteiger partial charge is 0.0628 e. The van der Waals surface area contributed by atoms with Crippen LogP contribution in [0.1, 0.15) is 51.1 Å². The highest BCUT2D eigenvalue weighted by molar-refractivity contribution is 5.24. The standard InChI is InChI=1S/C15H29N3/c1-7-14-12(2)17-18(13(14)3)11-10-16-9-8-15(4,5)6/h16H,7-11H2,1-6H3. The van der Waals surface area contributed by atoms with E-state index in [9.17, 15) is 0 Å². The van der Waals surface area contributed by atoms with Gasteiger partial charge in [0.05, 0.1) is 12.2 Å². The Morgan fingerprint density at radius 1 is 1.17 bits per heavy atom. The molecule has 0 atom stereocenters. The lowest BCUT2D eigenvalue weighted by atomic mass is 9.92. The van der Waals surface area contributed by atoms with Crippen molar-refractivity contribution in [1.82, 2.24) is 15.1 Å². The van der Waals surface area contributed by atoms with E-state index in [4.69, 9.17) is 0 Å². The maximum atomic E-state index is 4.60. The van der Waals surface area contributed by atoms with Crippen molar-refractivity contribution < 1.29 is 0 Å². The second-order valence-electron chi connectivity index (χ2n) is 6.29. The van der Waals surface area contributed by atoms with Crippen LogP contribution in [0.5, 0.6) is 0 Å². The maximum absolute atomic E-state index is 4.60. The molecule has 0 aliphatic heterocycles. The number of hydrogen-bond donors (Lipinski definition) is 1. The van der Waals surface area contributed by atoms with Gasteiger partial charge in [-0.25, -0.2) is 0 Å².